The standard InChI is InChI=1S/C14H18N2O5Si/c1-5-6-13(22(2,3)4)14(17)11-8-7-10(15(18)19)9-12(11)16(20)21/h5,7-9,14,17H,1-4H3/t6?,14-/m0/s1. The van der Waals surface area contributed by atoms with Crippen LogP contribution in [0.3, 0.4) is 0 Å². The average molecular weight is 322 g/mol. The maximum absolute atomic E-state index is 11.2. The van der Waals surface area contributed by atoms with E-state index < -0.39 is 29.7 Å². The maximum atomic E-state index is 11.2. The Morgan fingerprint density at radius 3 is 2.27 bits per heavy atom. The van der Waals surface area contributed by atoms with E-state index in [9.17, 15) is 25.3 Å². The van der Waals surface area contributed by atoms with Crippen LogP contribution < -0.4 is 0 Å². The van der Waals surface area contributed by atoms with E-state index in [1.54, 1.807) is 13.0 Å². The molecule has 0 fully saturated rings. The Bertz CT molecular complexity index is 672. The first-order valence-corrected chi connectivity index (χ1v) is 10.1. The molecule has 0 aliphatic carbocycles. The first kappa shape index (κ1) is 17.8. The molecule has 1 N–H and O–H groups in total. The van der Waals surface area contributed by atoms with E-state index in [1.807, 2.05) is 19.6 Å². The van der Waals surface area contributed by atoms with Gasteiger partial charge in [-0.15, -0.1) is 5.73 Å². The molecule has 0 aliphatic rings. The van der Waals surface area contributed by atoms with Crippen molar-refractivity contribution < 1.29 is 15.0 Å². The Morgan fingerprint density at radius 2 is 1.86 bits per heavy atom. The second kappa shape index (κ2) is 6.65. The lowest BCUT2D eigenvalue weighted by molar-refractivity contribution is -0.394. The highest BCUT2D eigenvalue weighted by Crippen LogP contribution is 2.35. The van der Waals surface area contributed by atoms with E-state index in [0.29, 0.717) is 5.20 Å². The van der Waals surface area contributed by atoms with Gasteiger partial charge in [0.1, 0.15) is 6.10 Å². The van der Waals surface area contributed by atoms with Crippen molar-refractivity contribution in [2.45, 2.75) is 32.7 Å². The number of aliphatic hydroxyl groups is 1. The third kappa shape index (κ3) is 3.88. The van der Waals surface area contributed by atoms with Gasteiger partial charge in [0.25, 0.3) is 11.4 Å². The van der Waals surface area contributed by atoms with Gasteiger partial charge in [-0.3, -0.25) is 20.2 Å². The largest absolute Gasteiger partial charge is 0.383 e. The van der Waals surface area contributed by atoms with Crippen molar-refractivity contribution in [2.24, 2.45) is 0 Å². The van der Waals surface area contributed by atoms with Gasteiger partial charge in [0, 0.05) is 6.07 Å². The van der Waals surface area contributed by atoms with Gasteiger partial charge >= 0.3 is 0 Å². The molecule has 118 valence electrons. The van der Waals surface area contributed by atoms with E-state index in [1.165, 1.54) is 6.07 Å². The number of hydrogen-bond acceptors (Lipinski definition) is 5. The van der Waals surface area contributed by atoms with Crippen LogP contribution in [0.5, 0.6) is 0 Å². The third-order valence-corrected chi connectivity index (χ3v) is 5.13. The molecule has 0 bridgehead atoms. The molecule has 0 unspecified atom stereocenters. The molecule has 0 radical (unpaired) electrons. The summed E-state index contributed by atoms with van der Waals surface area (Å²) in [5.74, 6) is 0. The van der Waals surface area contributed by atoms with Gasteiger partial charge in [-0.2, -0.15) is 0 Å². The minimum absolute atomic E-state index is 0.0439. The van der Waals surface area contributed by atoms with Crippen molar-refractivity contribution in [3.63, 3.8) is 0 Å². The molecule has 0 aromatic heterocycles. The van der Waals surface area contributed by atoms with Gasteiger partial charge in [0.15, 0.2) is 0 Å². The lowest BCUT2D eigenvalue weighted by Gasteiger charge is -2.23. The third-order valence-electron chi connectivity index (χ3n) is 3.10. The van der Waals surface area contributed by atoms with Crippen molar-refractivity contribution in [1.82, 2.24) is 0 Å². The summed E-state index contributed by atoms with van der Waals surface area (Å²) in [6, 6.07) is 3.26. The highest BCUT2D eigenvalue weighted by Gasteiger charge is 2.32. The Hall–Kier alpha value is -2.28. The quantitative estimate of drug-likeness (QED) is 0.386. The van der Waals surface area contributed by atoms with Gasteiger partial charge in [-0.05, 0) is 24.3 Å². The summed E-state index contributed by atoms with van der Waals surface area (Å²) in [7, 11) is -1.98. The summed E-state index contributed by atoms with van der Waals surface area (Å²) in [5.41, 5.74) is 2.17. The number of nitro benzene ring substituents is 2. The van der Waals surface area contributed by atoms with E-state index in [2.05, 4.69) is 5.73 Å². The summed E-state index contributed by atoms with van der Waals surface area (Å²) in [6.45, 7) is 7.70. The van der Waals surface area contributed by atoms with E-state index in [0.717, 1.165) is 12.1 Å². The van der Waals surface area contributed by atoms with Gasteiger partial charge < -0.3 is 5.11 Å². The summed E-state index contributed by atoms with van der Waals surface area (Å²) >= 11 is 0. The number of aliphatic hydroxyl groups excluding tert-OH is 1. The Labute approximate surface area is 128 Å². The average Bonchev–Trinajstić information content (AvgIpc) is 2.41. The number of benzene rings is 1. The highest BCUT2D eigenvalue weighted by molar-refractivity contribution is 6.83. The van der Waals surface area contributed by atoms with Gasteiger partial charge in [0.05, 0.1) is 29.6 Å². The van der Waals surface area contributed by atoms with Gasteiger partial charge in [0.2, 0.25) is 0 Å². The van der Waals surface area contributed by atoms with Crippen molar-refractivity contribution in [1.29, 1.82) is 0 Å². The smallest absolute Gasteiger partial charge is 0.282 e. The van der Waals surface area contributed by atoms with Crippen molar-refractivity contribution in [3.05, 3.63) is 61.0 Å². The molecule has 1 atom stereocenters. The minimum atomic E-state index is -1.98. The summed E-state index contributed by atoms with van der Waals surface area (Å²) < 4.78 is 0. The van der Waals surface area contributed by atoms with E-state index in [4.69, 9.17) is 0 Å². The first-order valence-electron chi connectivity index (χ1n) is 6.62. The first-order chi connectivity index (χ1) is 10.1. The van der Waals surface area contributed by atoms with Crippen LogP contribution in [0.1, 0.15) is 18.6 Å². The second-order valence-electron chi connectivity index (χ2n) is 5.76. The molecular formula is C14H18N2O5Si. The minimum Gasteiger partial charge on any atom is -0.383 e. The molecule has 7 nitrogen and oxygen atoms in total. The Balaban J connectivity index is 3.52. The van der Waals surface area contributed by atoms with Crippen LogP contribution >= 0.6 is 0 Å². The van der Waals surface area contributed by atoms with Gasteiger partial charge in [-0.25, -0.2) is 0 Å². The zero-order chi connectivity index (χ0) is 17.1. The number of rotatable bonds is 5. The predicted molar refractivity (Wildman–Crippen MR) is 85.3 cm³/mol. The lowest BCUT2D eigenvalue weighted by atomic mass is 10.1. The van der Waals surface area contributed by atoms with E-state index in [-0.39, 0.29) is 11.3 Å². The molecule has 0 amide bonds. The molecule has 22 heavy (non-hydrogen) atoms. The summed E-state index contributed by atoms with van der Waals surface area (Å²) in [5, 5.41) is 33.1. The maximum Gasteiger partial charge on any atom is 0.282 e. The number of nitrogens with zero attached hydrogens (tertiary/aromatic N) is 2. The van der Waals surface area contributed by atoms with Crippen LogP contribution in [-0.2, 0) is 0 Å². The fourth-order valence-electron chi connectivity index (χ4n) is 2.05. The molecule has 0 aliphatic heterocycles. The summed E-state index contributed by atoms with van der Waals surface area (Å²) in [4.78, 5) is 20.5. The van der Waals surface area contributed by atoms with Crippen molar-refractivity contribution >= 4 is 19.4 Å². The number of nitro groups is 2. The van der Waals surface area contributed by atoms with Crippen LogP contribution in [0.25, 0.3) is 0 Å². The molecule has 1 aromatic rings. The molecular weight excluding hydrogens is 304 g/mol. The van der Waals surface area contributed by atoms with Crippen LogP contribution in [0, 0.1) is 20.2 Å². The highest BCUT2D eigenvalue weighted by atomic mass is 28.3. The molecule has 0 heterocycles. The molecule has 0 saturated heterocycles. The lowest BCUT2D eigenvalue weighted by Crippen LogP contribution is -2.28. The molecule has 1 rings (SSSR count). The summed E-state index contributed by atoms with van der Waals surface area (Å²) in [6.07, 6.45) is 0.442. The zero-order valence-corrected chi connectivity index (χ0v) is 13.9. The van der Waals surface area contributed by atoms with Crippen LogP contribution in [0.2, 0.25) is 19.6 Å². The second-order valence-corrected chi connectivity index (χ2v) is 10.8. The normalized spacial score (nSPS) is 12.2. The Morgan fingerprint density at radius 1 is 1.27 bits per heavy atom. The van der Waals surface area contributed by atoms with Crippen LogP contribution in [-0.4, -0.2) is 23.0 Å². The SMILES string of the molecule is CC=C=C([C@@H](O)c1ccc([N+](=O)[O-])cc1[N+](=O)[O-])[Si](C)(C)C. The van der Waals surface area contributed by atoms with Crippen LogP contribution in [0.4, 0.5) is 11.4 Å². The number of hydrogen-bond donors (Lipinski definition) is 1. The van der Waals surface area contributed by atoms with E-state index >= 15 is 0 Å². The monoisotopic (exact) mass is 322 g/mol. The number of non-ortho nitro benzene ring substituents is 1. The van der Waals surface area contributed by atoms with Crippen LogP contribution in [0.15, 0.2) is 35.2 Å². The topological polar surface area (TPSA) is 107 Å². The fraction of sp³-hybridized carbons (Fsp3) is 0.357. The Kier molecular flexibility index (Phi) is 5.37. The fourth-order valence-corrected chi connectivity index (χ4v) is 3.60. The van der Waals surface area contributed by atoms with Crippen molar-refractivity contribution in [3.8, 4) is 0 Å². The molecule has 0 saturated carbocycles. The van der Waals surface area contributed by atoms with Crippen molar-refractivity contribution in [2.75, 3.05) is 0 Å². The predicted octanol–water partition coefficient (Wildman–Crippen LogP) is 3.52. The molecule has 0 spiro atoms. The zero-order valence-electron chi connectivity index (χ0n) is 12.9. The van der Waals surface area contributed by atoms with Gasteiger partial charge in [-0.1, -0.05) is 19.6 Å². The molecule has 1 aromatic carbocycles. The molecule has 8 heteroatoms.